The van der Waals surface area contributed by atoms with Gasteiger partial charge in [-0.3, -0.25) is 9.59 Å². The molecule has 6 heteroatoms. The lowest BCUT2D eigenvalue weighted by molar-refractivity contribution is -0.138. The van der Waals surface area contributed by atoms with Crippen LogP contribution in [0.2, 0.25) is 0 Å². The minimum absolute atomic E-state index is 0.0434. The molecule has 136 valence electrons. The van der Waals surface area contributed by atoms with E-state index < -0.39 is 17.3 Å². The van der Waals surface area contributed by atoms with E-state index in [1.54, 1.807) is 19.1 Å². The van der Waals surface area contributed by atoms with E-state index in [1.165, 1.54) is 0 Å². The number of methoxy groups -OCH3 is 1. The molecule has 1 aromatic carbocycles. The Bertz CT molecular complexity index is 693. The Morgan fingerprint density at radius 3 is 2.64 bits per heavy atom. The fourth-order valence-corrected chi connectivity index (χ4v) is 4.24. The normalized spacial score (nSPS) is 20.0. The van der Waals surface area contributed by atoms with Crippen molar-refractivity contribution in [1.82, 2.24) is 0 Å². The van der Waals surface area contributed by atoms with Crippen LogP contribution in [0.4, 0.5) is 5.69 Å². The summed E-state index contributed by atoms with van der Waals surface area (Å²) in [5.41, 5.74) is 2.72. The van der Waals surface area contributed by atoms with Gasteiger partial charge in [0.15, 0.2) is 0 Å². The van der Waals surface area contributed by atoms with Crippen LogP contribution in [0.3, 0.4) is 0 Å². The van der Waals surface area contributed by atoms with Crippen molar-refractivity contribution in [2.24, 2.45) is 0 Å². The average Bonchev–Trinajstić information content (AvgIpc) is 2.79. The molecule has 2 aliphatic heterocycles. The number of nitrogens with zero attached hydrogens (tertiary/aromatic N) is 1. The molecule has 25 heavy (non-hydrogen) atoms. The molecular formula is C19H25NO5. The van der Waals surface area contributed by atoms with Crippen LogP contribution >= 0.6 is 0 Å². The van der Waals surface area contributed by atoms with Gasteiger partial charge in [-0.05, 0) is 36.0 Å². The lowest BCUT2D eigenvalue weighted by atomic mass is 9.74. The van der Waals surface area contributed by atoms with Gasteiger partial charge < -0.3 is 19.5 Å². The van der Waals surface area contributed by atoms with Gasteiger partial charge in [-0.15, -0.1) is 0 Å². The van der Waals surface area contributed by atoms with E-state index in [4.69, 9.17) is 9.47 Å². The first-order valence-corrected chi connectivity index (χ1v) is 8.71. The molecule has 0 aromatic heterocycles. The molecule has 1 spiro atoms. The summed E-state index contributed by atoms with van der Waals surface area (Å²) in [6.07, 6.45) is 1.72. The molecule has 0 radical (unpaired) electrons. The Balaban J connectivity index is 2.24. The Kier molecular flexibility index (Phi) is 4.84. The second-order valence-corrected chi connectivity index (χ2v) is 6.87. The maximum atomic E-state index is 13.1. The van der Waals surface area contributed by atoms with Gasteiger partial charge in [0.2, 0.25) is 5.91 Å². The molecule has 3 rings (SSSR count). The van der Waals surface area contributed by atoms with Crippen LogP contribution in [-0.4, -0.2) is 44.4 Å². The number of fused-ring (bicyclic) bond motifs is 2. The van der Waals surface area contributed by atoms with Crippen molar-refractivity contribution >= 4 is 17.6 Å². The summed E-state index contributed by atoms with van der Waals surface area (Å²) in [6.45, 7) is 3.33. The predicted molar refractivity (Wildman–Crippen MR) is 93.0 cm³/mol. The number of rotatable bonds is 5. The third-order valence-corrected chi connectivity index (χ3v) is 5.50. The zero-order valence-electron chi connectivity index (χ0n) is 15.0. The Labute approximate surface area is 147 Å². The Morgan fingerprint density at radius 1 is 1.40 bits per heavy atom. The summed E-state index contributed by atoms with van der Waals surface area (Å²) >= 11 is 0. The number of carboxylic acid groups (broad SMARTS) is 1. The number of amides is 1. The number of ether oxygens (including phenoxy) is 2. The zero-order chi connectivity index (χ0) is 18.2. The molecule has 1 saturated heterocycles. The second kappa shape index (κ2) is 6.77. The largest absolute Gasteiger partial charge is 0.481 e. The number of aliphatic carboxylic acids is 1. The van der Waals surface area contributed by atoms with Crippen LogP contribution in [0, 0.1) is 0 Å². The van der Waals surface area contributed by atoms with Crippen molar-refractivity contribution in [2.45, 2.75) is 44.1 Å². The fraction of sp³-hybridized carbons (Fsp3) is 0.579. The number of anilines is 1. The van der Waals surface area contributed by atoms with E-state index in [9.17, 15) is 14.7 Å². The van der Waals surface area contributed by atoms with E-state index in [1.807, 2.05) is 19.1 Å². The summed E-state index contributed by atoms with van der Waals surface area (Å²) in [5, 5.41) is 9.68. The molecule has 1 atom stereocenters. The van der Waals surface area contributed by atoms with Gasteiger partial charge in [0.05, 0.1) is 23.6 Å². The summed E-state index contributed by atoms with van der Waals surface area (Å²) < 4.78 is 10.8. The van der Waals surface area contributed by atoms with E-state index >= 15 is 0 Å². The predicted octanol–water partition coefficient (Wildman–Crippen LogP) is 2.44. The van der Waals surface area contributed by atoms with Crippen LogP contribution in [0.5, 0.6) is 0 Å². The molecule has 6 nitrogen and oxygen atoms in total. The molecule has 1 unspecified atom stereocenters. The van der Waals surface area contributed by atoms with Crippen LogP contribution in [0.1, 0.15) is 48.8 Å². The summed E-state index contributed by atoms with van der Waals surface area (Å²) in [5.74, 6) is -1.47. The van der Waals surface area contributed by atoms with Crippen molar-refractivity contribution in [3.05, 3.63) is 28.8 Å². The fourth-order valence-electron chi connectivity index (χ4n) is 4.24. The zero-order valence-corrected chi connectivity index (χ0v) is 15.0. The summed E-state index contributed by atoms with van der Waals surface area (Å²) in [7, 11) is 3.36. The monoisotopic (exact) mass is 347 g/mol. The minimum atomic E-state index is -0.868. The summed E-state index contributed by atoms with van der Waals surface area (Å²) in [4.78, 5) is 26.6. The van der Waals surface area contributed by atoms with Crippen LogP contribution < -0.4 is 4.90 Å². The number of likely N-dealkylation sites (N-methyl/N-ethyl adjacent to an activating group) is 1. The lowest BCUT2D eigenvalue weighted by Gasteiger charge is -2.32. The van der Waals surface area contributed by atoms with Crippen molar-refractivity contribution in [3.8, 4) is 0 Å². The highest BCUT2D eigenvalue weighted by Gasteiger charge is 2.51. The SMILES string of the molecule is CCC(C(=O)O)c1cc(COC)cc2c1N(C)C(=O)C21CCOCC1. The molecule has 1 fully saturated rings. The number of carbonyl (C=O) groups excluding carboxylic acids is 1. The molecule has 0 aliphatic carbocycles. The maximum Gasteiger partial charge on any atom is 0.311 e. The number of carboxylic acids is 1. The highest BCUT2D eigenvalue weighted by atomic mass is 16.5. The van der Waals surface area contributed by atoms with Gasteiger partial charge in [-0.2, -0.15) is 0 Å². The average molecular weight is 347 g/mol. The Morgan fingerprint density at radius 2 is 2.08 bits per heavy atom. The third-order valence-electron chi connectivity index (χ3n) is 5.50. The van der Waals surface area contributed by atoms with Gasteiger partial charge in [0, 0.05) is 27.4 Å². The van der Waals surface area contributed by atoms with Crippen molar-refractivity contribution in [2.75, 3.05) is 32.3 Å². The molecular weight excluding hydrogens is 322 g/mol. The van der Waals surface area contributed by atoms with Gasteiger partial charge in [-0.25, -0.2) is 0 Å². The van der Waals surface area contributed by atoms with Crippen molar-refractivity contribution in [3.63, 3.8) is 0 Å². The highest BCUT2D eigenvalue weighted by molar-refractivity contribution is 6.09. The molecule has 1 N–H and O–H groups in total. The molecule has 1 aromatic rings. The molecule has 0 bridgehead atoms. The first kappa shape index (κ1) is 17.9. The van der Waals surface area contributed by atoms with Gasteiger partial charge in [0.1, 0.15) is 0 Å². The van der Waals surface area contributed by atoms with Gasteiger partial charge in [-0.1, -0.05) is 19.1 Å². The quantitative estimate of drug-likeness (QED) is 0.885. The van der Waals surface area contributed by atoms with E-state index in [0.29, 0.717) is 44.6 Å². The smallest absolute Gasteiger partial charge is 0.311 e. The highest BCUT2D eigenvalue weighted by Crippen LogP contribution is 2.50. The number of hydrogen-bond acceptors (Lipinski definition) is 4. The van der Waals surface area contributed by atoms with E-state index in [2.05, 4.69) is 0 Å². The lowest BCUT2D eigenvalue weighted by Crippen LogP contribution is -2.42. The third kappa shape index (κ3) is 2.73. The minimum Gasteiger partial charge on any atom is -0.481 e. The summed E-state index contributed by atoms with van der Waals surface area (Å²) in [6, 6.07) is 3.90. The van der Waals surface area contributed by atoms with E-state index in [-0.39, 0.29) is 5.91 Å². The van der Waals surface area contributed by atoms with Crippen LogP contribution in [0.15, 0.2) is 12.1 Å². The molecule has 0 saturated carbocycles. The van der Waals surface area contributed by atoms with Crippen molar-refractivity contribution in [1.29, 1.82) is 0 Å². The first-order valence-electron chi connectivity index (χ1n) is 8.71. The molecule has 2 heterocycles. The number of hydrogen-bond donors (Lipinski definition) is 1. The number of carbonyl (C=O) groups is 2. The topological polar surface area (TPSA) is 76.1 Å². The maximum absolute atomic E-state index is 13.1. The van der Waals surface area contributed by atoms with Crippen molar-refractivity contribution < 1.29 is 24.2 Å². The first-order chi connectivity index (χ1) is 12.0. The second-order valence-electron chi connectivity index (χ2n) is 6.87. The standard InChI is InChI=1S/C19H25NO5/c1-4-13(17(21)22)14-9-12(11-24-3)10-15-16(14)20(2)18(23)19(15)5-7-25-8-6-19/h9-10,13H,4-8,11H2,1-3H3,(H,21,22). The molecule has 1 amide bonds. The van der Waals surface area contributed by atoms with Gasteiger partial charge >= 0.3 is 5.97 Å². The van der Waals surface area contributed by atoms with E-state index in [0.717, 1.165) is 16.8 Å². The Hall–Kier alpha value is -1.92. The number of benzene rings is 1. The van der Waals surface area contributed by atoms with Gasteiger partial charge in [0.25, 0.3) is 0 Å². The molecule has 2 aliphatic rings. The van der Waals surface area contributed by atoms with Crippen LogP contribution in [-0.2, 0) is 31.1 Å². The van der Waals surface area contributed by atoms with Crippen LogP contribution in [0.25, 0.3) is 0 Å².